The number of halogens is 2. The van der Waals surface area contributed by atoms with Gasteiger partial charge in [-0.25, -0.2) is 0 Å². The smallest absolute Gasteiger partial charge is 0.255 e. The molecule has 2 aromatic rings. The van der Waals surface area contributed by atoms with Crippen molar-refractivity contribution in [1.29, 1.82) is 0 Å². The standard InChI is InChI=1S/C19H19Cl2NO3/c1-10(2)25-17-9-13(8-16(20)18(17)21)19(24)22-14-5-6-15(12(4)23)11(3)7-14/h5-10H,1-4H3,(H,22,24). The number of nitrogens with one attached hydrogen (secondary N) is 1. The average molecular weight is 380 g/mol. The minimum absolute atomic E-state index is 0.0182. The molecule has 132 valence electrons. The molecular formula is C19H19Cl2NO3. The van der Waals surface area contributed by atoms with Gasteiger partial charge in [0.05, 0.1) is 11.1 Å². The van der Waals surface area contributed by atoms with Crippen LogP contribution < -0.4 is 10.1 Å². The second-order valence-electron chi connectivity index (χ2n) is 5.98. The summed E-state index contributed by atoms with van der Waals surface area (Å²) in [6, 6.07) is 8.17. The first-order valence-corrected chi connectivity index (χ1v) is 8.53. The number of ether oxygens (including phenoxy) is 1. The molecule has 0 heterocycles. The fourth-order valence-corrected chi connectivity index (χ4v) is 2.74. The monoisotopic (exact) mass is 379 g/mol. The molecule has 0 saturated heterocycles. The molecule has 0 aromatic heterocycles. The van der Waals surface area contributed by atoms with Crippen LogP contribution in [0.2, 0.25) is 10.0 Å². The summed E-state index contributed by atoms with van der Waals surface area (Å²) in [6.45, 7) is 7.04. The fourth-order valence-electron chi connectivity index (χ4n) is 2.37. The largest absolute Gasteiger partial charge is 0.489 e. The van der Waals surface area contributed by atoms with Crippen LogP contribution in [0.5, 0.6) is 5.75 Å². The van der Waals surface area contributed by atoms with Crippen molar-refractivity contribution < 1.29 is 14.3 Å². The van der Waals surface area contributed by atoms with Crippen molar-refractivity contribution in [3.05, 3.63) is 57.1 Å². The van der Waals surface area contributed by atoms with E-state index in [1.54, 1.807) is 24.3 Å². The number of carbonyl (C=O) groups is 2. The zero-order valence-electron chi connectivity index (χ0n) is 14.4. The predicted molar refractivity (Wildman–Crippen MR) is 101 cm³/mol. The van der Waals surface area contributed by atoms with Crippen molar-refractivity contribution in [2.45, 2.75) is 33.8 Å². The van der Waals surface area contributed by atoms with Gasteiger partial charge in [-0.3, -0.25) is 9.59 Å². The van der Waals surface area contributed by atoms with Crippen LogP contribution in [0, 0.1) is 6.92 Å². The van der Waals surface area contributed by atoms with Crippen LogP contribution in [0.1, 0.15) is 47.1 Å². The number of hydrogen-bond acceptors (Lipinski definition) is 3. The van der Waals surface area contributed by atoms with Crippen molar-refractivity contribution in [3.8, 4) is 5.75 Å². The number of ketones is 1. The molecule has 0 radical (unpaired) electrons. The highest BCUT2D eigenvalue weighted by atomic mass is 35.5. The Morgan fingerprint density at radius 2 is 1.80 bits per heavy atom. The van der Waals surface area contributed by atoms with Crippen molar-refractivity contribution in [2.24, 2.45) is 0 Å². The van der Waals surface area contributed by atoms with Crippen LogP contribution in [0.4, 0.5) is 5.69 Å². The first-order chi connectivity index (χ1) is 11.7. The van der Waals surface area contributed by atoms with Crippen LogP contribution in [0.15, 0.2) is 30.3 Å². The Labute approximate surface area is 157 Å². The molecule has 0 aliphatic rings. The lowest BCUT2D eigenvalue weighted by Gasteiger charge is -2.14. The van der Waals surface area contributed by atoms with Crippen molar-refractivity contribution in [1.82, 2.24) is 0 Å². The minimum Gasteiger partial charge on any atom is -0.489 e. The van der Waals surface area contributed by atoms with Crippen LogP contribution in [-0.2, 0) is 0 Å². The fraction of sp³-hybridized carbons (Fsp3) is 0.263. The zero-order chi connectivity index (χ0) is 18.7. The Hall–Kier alpha value is -2.04. The van der Waals surface area contributed by atoms with Gasteiger partial charge in [0.2, 0.25) is 0 Å². The third-order valence-corrected chi connectivity index (χ3v) is 4.27. The molecule has 2 rings (SSSR count). The summed E-state index contributed by atoms with van der Waals surface area (Å²) in [7, 11) is 0. The zero-order valence-corrected chi connectivity index (χ0v) is 16.0. The van der Waals surface area contributed by atoms with E-state index in [9.17, 15) is 9.59 Å². The molecule has 0 atom stereocenters. The number of rotatable bonds is 5. The molecular weight excluding hydrogens is 361 g/mol. The van der Waals surface area contributed by atoms with E-state index in [-0.39, 0.29) is 27.8 Å². The molecule has 0 aliphatic heterocycles. The maximum Gasteiger partial charge on any atom is 0.255 e. The molecule has 0 aliphatic carbocycles. The normalized spacial score (nSPS) is 10.7. The van der Waals surface area contributed by atoms with Gasteiger partial charge in [0, 0.05) is 16.8 Å². The van der Waals surface area contributed by atoms with E-state index in [0.29, 0.717) is 22.6 Å². The number of carbonyl (C=O) groups excluding carboxylic acids is 2. The van der Waals surface area contributed by atoms with E-state index in [2.05, 4.69) is 5.32 Å². The van der Waals surface area contributed by atoms with Gasteiger partial charge < -0.3 is 10.1 Å². The molecule has 0 fully saturated rings. The van der Waals surface area contributed by atoms with Gasteiger partial charge in [0.25, 0.3) is 5.91 Å². The maximum atomic E-state index is 12.5. The second-order valence-corrected chi connectivity index (χ2v) is 6.76. The number of amides is 1. The molecule has 0 spiro atoms. The molecule has 4 nitrogen and oxygen atoms in total. The first kappa shape index (κ1) is 19.3. The second kappa shape index (κ2) is 7.89. The Bertz CT molecular complexity index is 832. The third-order valence-electron chi connectivity index (χ3n) is 3.48. The van der Waals surface area contributed by atoms with Gasteiger partial charge in [0.1, 0.15) is 10.8 Å². The lowest BCUT2D eigenvalue weighted by atomic mass is 10.0. The molecule has 1 N–H and O–H groups in total. The van der Waals surface area contributed by atoms with Gasteiger partial charge in [-0.2, -0.15) is 0 Å². The summed E-state index contributed by atoms with van der Waals surface area (Å²) in [5.41, 5.74) is 2.34. The Morgan fingerprint density at radius 1 is 1.12 bits per heavy atom. The van der Waals surface area contributed by atoms with Crippen molar-refractivity contribution >= 4 is 40.6 Å². The lowest BCUT2D eigenvalue weighted by molar-refractivity contribution is 0.101. The van der Waals surface area contributed by atoms with Crippen LogP contribution in [0.25, 0.3) is 0 Å². The van der Waals surface area contributed by atoms with Crippen LogP contribution in [0.3, 0.4) is 0 Å². The highest BCUT2D eigenvalue weighted by Gasteiger charge is 2.15. The van der Waals surface area contributed by atoms with Crippen molar-refractivity contribution in [2.75, 3.05) is 5.32 Å². The van der Waals surface area contributed by atoms with E-state index in [1.807, 2.05) is 20.8 Å². The summed E-state index contributed by atoms with van der Waals surface area (Å²) in [5.74, 6) is -0.00471. The van der Waals surface area contributed by atoms with E-state index in [4.69, 9.17) is 27.9 Å². The van der Waals surface area contributed by atoms with Gasteiger partial charge in [-0.1, -0.05) is 23.2 Å². The van der Waals surface area contributed by atoms with E-state index in [1.165, 1.54) is 13.0 Å². The quantitative estimate of drug-likeness (QED) is 0.693. The summed E-state index contributed by atoms with van der Waals surface area (Å²) < 4.78 is 5.59. The minimum atomic E-state index is -0.345. The molecule has 0 bridgehead atoms. The maximum absolute atomic E-state index is 12.5. The highest BCUT2D eigenvalue weighted by Crippen LogP contribution is 2.34. The lowest BCUT2D eigenvalue weighted by Crippen LogP contribution is -2.13. The van der Waals surface area contributed by atoms with Gasteiger partial charge in [0.15, 0.2) is 5.78 Å². The third kappa shape index (κ3) is 4.74. The molecule has 25 heavy (non-hydrogen) atoms. The molecule has 2 aromatic carbocycles. The predicted octanol–water partition coefficient (Wildman–Crippen LogP) is 5.54. The first-order valence-electron chi connectivity index (χ1n) is 7.77. The Kier molecular flexibility index (Phi) is 6.09. The number of aryl methyl sites for hydroxylation is 1. The van der Waals surface area contributed by atoms with Gasteiger partial charge >= 0.3 is 0 Å². The SMILES string of the molecule is CC(=O)c1ccc(NC(=O)c2cc(Cl)c(Cl)c(OC(C)C)c2)cc1C. The summed E-state index contributed by atoms with van der Waals surface area (Å²) in [6.07, 6.45) is -0.103. The van der Waals surface area contributed by atoms with E-state index < -0.39 is 0 Å². The number of hydrogen-bond donors (Lipinski definition) is 1. The van der Waals surface area contributed by atoms with Crippen LogP contribution in [-0.4, -0.2) is 17.8 Å². The van der Waals surface area contributed by atoms with Gasteiger partial charge in [-0.15, -0.1) is 0 Å². The molecule has 0 saturated carbocycles. The number of benzene rings is 2. The van der Waals surface area contributed by atoms with E-state index >= 15 is 0 Å². The highest BCUT2D eigenvalue weighted by molar-refractivity contribution is 6.43. The summed E-state index contributed by atoms with van der Waals surface area (Å²) in [4.78, 5) is 24.0. The average Bonchev–Trinajstić information content (AvgIpc) is 2.50. The summed E-state index contributed by atoms with van der Waals surface area (Å²) >= 11 is 12.2. The van der Waals surface area contributed by atoms with Crippen LogP contribution >= 0.6 is 23.2 Å². The van der Waals surface area contributed by atoms with Crippen molar-refractivity contribution in [3.63, 3.8) is 0 Å². The Balaban J connectivity index is 2.28. The number of anilines is 1. The van der Waals surface area contributed by atoms with Gasteiger partial charge in [-0.05, 0) is 63.6 Å². The topological polar surface area (TPSA) is 55.4 Å². The molecule has 1 amide bonds. The number of Topliss-reactive ketones (excluding diaryl/α,β-unsaturated/α-hetero) is 1. The molecule has 0 unspecified atom stereocenters. The summed E-state index contributed by atoms with van der Waals surface area (Å²) in [5, 5.41) is 3.30. The Morgan fingerprint density at radius 3 is 2.36 bits per heavy atom. The van der Waals surface area contributed by atoms with E-state index in [0.717, 1.165) is 5.56 Å². The molecule has 6 heteroatoms.